The van der Waals surface area contributed by atoms with E-state index in [4.69, 9.17) is 9.47 Å². The zero-order chi connectivity index (χ0) is 19.6. The van der Waals surface area contributed by atoms with Gasteiger partial charge in [-0.1, -0.05) is 0 Å². The molecular weight excluding hydrogens is 435 g/mol. The number of hydrogen-bond donors (Lipinski definition) is 2. The van der Waals surface area contributed by atoms with Crippen LogP contribution in [0.4, 0.5) is 23.7 Å². The van der Waals surface area contributed by atoms with E-state index in [1.165, 1.54) is 4.90 Å². The third kappa shape index (κ3) is 4.76. The highest BCUT2D eigenvalue weighted by molar-refractivity contribution is 9.10. The fourth-order valence-corrected chi connectivity index (χ4v) is 3.36. The molecule has 0 aromatic heterocycles. The van der Waals surface area contributed by atoms with E-state index in [-0.39, 0.29) is 6.54 Å². The van der Waals surface area contributed by atoms with E-state index >= 15 is 0 Å². The number of likely N-dealkylation sites (tertiary alicyclic amines) is 1. The van der Waals surface area contributed by atoms with Gasteiger partial charge in [0.25, 0.3) is 0 Å². The average molecular weight is 452 g/mol. The third-order valence-electron chi connectivity index (χ3n) is 4.15. The van der Waals surface area contributed by atoms with Gasteiger partial charge in [-0.3, -0.25) is 4.79 Å². The lowest BCUT2D eigenvalue weighted by molar-refractivity contribution is -0.140. The van der Waals surface area contributed by atoms with E-state index in [0.29, 0.717) is 47.7 Å². The minimum Gasteiger partial charge on any atom is -0.486 e. The Kier molecular flexibility index (Phi) is 5.68. The Labute approximate surface area is 161 Å². The summed E-state index contributed by atoms with van der Waals surface area (Å²) in [5.41, 5.74) is 0.408. The number of rotatable bonds is 3. The highest BCUT2D eigenvalue weighted by Gasteiger charge is 2.36. The highest BCUT2D eigenvalue weighted by Crippen LogP contribution is 2.38. The van der Waals surface area contributed by atoms with Gasteiger partial charge in [0.2, 0.25) is 5.91 Å². The number of halogens is 4. The first kappa shape index (κ1) is 19.6. The predicted molar refractivity (Wildman–Crippen MR) is 92.9 cm³/mol. The number of urea groups is 1. The van der Waals surface area contributed by atoms with Crippen molar-refractivity contribution >= 4 is 33.6 Å². The maximum absolute atomic E-state index is 12.6. The number of alkyl halides is 3. The van der Waals surface area contributed by atoms with Crippen molar-refractivity contribution in [1.29, 1.82) is 0 Å². The molecule has 0 radical (unpaired) electrons. The Morgan fingerprint density at radius 3 is 2.56 bits per heavy atom. The third-order valence-corrected chi connectivity index (χ3v) is 4.81. The van der Waals surface area contributed by atoms with E-state index in [9.17, 15) is 22.8 Å². The number of nitrogens with zero attached hydrogens (tertiary/aromatic N) is 1. The molecule has 27 heavy (non-hydrogen) atoms. The molecule has 1 fully saturated rings. The molecule has 1 saturated heterocycles. The first-order valence-corrected chi connectivity index (χ1v) is 9.05. The Morgan fingerprint density at radius 2 is 1.89 bits per heavy atom. The summed E-state index contributed by atoms with van der Waals surface area (Å²) in [4.78, 5) is 25.8. The predicted octanol–water partition coefficient (Wildman–Crippen LogP) is 2.90. The molecule has 1 atom stereocenters. The topological polar surface area (TPSA) is 79.9 Å². The Hall–Kier alpha value is -2.17. The van der Waals surface area contributed by atoms with Gasteiger partial charge in [-0.05, 0) is 28.8 Å². The number of amides is 3. The van der Waals surface area contributed by atoms with E-state index in [2.05, 4.69) is 21.2 Å². The van der Waals surface area contributed by atoms with Crippen molar-refractivity contribution in [2.75, 3.05) is 31.6 Å². The zero-order valence-corrected chi connectivity index (χ0v) is 15.7. The van der Waals surface area contributed by atoms with Crippen molar-refractivity contribution in [3.05, 3.63) is 16.6 Å². The fourth-order valence-electron chi connectivity index (χ4n) is 2.93. The molecule has 0 spiro atoms. The number of ether oxygens (including phenoxy) is 2. The molecule has 1 aromatic carbocycles. The van der Waals surface area contributed by atoms with Crippen LogP contribution in [-0.2, 0) is 4.79 Å². The minimum atomic E-state index is -4.50. The summed E-state index contributed by atoms with van der Waals surface area (Å²) < 4.78 is 48.3. The van der Waals surface area contributed by atoms with Crippen LogP contribution in [0.1, 0.15) is 12.8 Å². The molecule has 0 bridgehead atoms. The highest BCUT2D eigenvalue weighted by atomic mass is 79.9. The molecule has 2 aliphatic rings. The van der Waals surface area contributed by atoms with Crippen LogP contribution in [-0.4, -0.2) is 55.4 Å². The van der Waals surface area contributed by atoms with Gasteiger partial charge in [-0.25, -0.2) is 4.79 Å². The second-order valence-electron chi connectivity index (χ2n) is 6.09. The van der Waals surface area contributed by atoms with Gasteiger partial charge in [0.15, 0.2) is 11.5 Å². The van der Waals surface area contributed by atoms with E-state index < -0.39 is 30.7 Å². The molecule has 1 unspecified atom stereocenters. The van der Waals surface area contributed by atoms with E-state index in [0.717, 1.165) is 0 Å². The van der Waals surface area contributed by atoms with Crippen LogP contribution in [0.25, 0.3) is 0 Å². The molecule has 3 amide bonds. The SMILES string of the molecule is O=C(NCC(F)(F)F)C1CCCN1C(=O)Nc1cc2c(cc1Br)OCCO2. The molecule has 3 rings (SSSR count). The summed E-state index contributed by atoms with van der Waals surface area (Å²) in [6, 6.07) is 1.73. The van der Waals surface area contributed by atoms with E-state index in [1.807, 2.05) is 5.32 Å². The Morgan fingerprint density at radius 1 is 1.22 bits per heavy atom. The molecule has 1 aromatic rings. The second-order valence-corrected chi connectivity index (χ2v) is 6.94. The van der Waals surface area contributed by atoms with Crippen LogP contribution in [0.15, 0.2) is 16.6 Å². The molecule has 2 heterocycles. The Bertz CT molecular complexity index is 744. The number of nitrogens with one attached hydrogen (secondary N) is 2. The maximum Gasteiger partial charge on any atom is 0.405 e. The summed E-state index contributed by atoms with van der Waals surface area (Å²) in [5.74, 6) is 0.193. The van der Waals surface area contributed by atoms with E-state index in [1.54, 1.807) is 12.1 Å². The quantitative estimate of drug-likeness (QED) is 0.740. The standard InChI is InChI=1S/C16H17BrF3N3O4/c17-9-6-12-13(27-5-4-26-12)7-10(9)22-15(25)23-3-1-2-11(23)14(24)21-8-16(18,19)20/h6-7,11H,1-5,8H2,(H,21,24)(H,22,25). The second kappa shape index (κ2) is 7.83. The van der Waals surface area contributed by atoms with Crippen molar-refractivity contribution in [3.63, 3.8) is 0 Å². The molecule has 7 nitrogen and oxygen atoms in total. The zero-order valence-electron chi connectivity index (χ0n) is 14.1. The molecule has 0 aliphatic carbocycles. The van der Waals surface area contributed by atoms with Crippen molar-refractivity contribution in [1.82, 2.24) is 10.2 Å². The summed E-state index contributed by atoms with van der Waals surface area (Å²) in [5, 5.41) is 4.50. The van der Waals surface area contributed by atoms with Gasteiger partial charge in [0.1, 0.15) is 25.8 Å². The lowest BCUT2D eigenvalue weighted by atomic mass is 10.2. The van der Waals surface area contributed by atoms with Crippen LogP contribution >= 0.6 is 15.9 Å². The smallest absolute Gasteiger partial charge is 0.405 e. The molecule has 2 N–H and O–H groups in total. The summed E-state index contributed by atoms with van der Waals surface area (Å²) in [6.45, 7) is -0.340. The van der Waals surface area contributed by atoms with Crippen LogP contribution in [0.5, 0.6) is 11.5 Å². The van der Waals surface area contributed by atoms with Gasteiger partial charge < -0.3 is 25.0 Å². The summed E-state index contributed by atoms with van der Waals surface area (Å²) in [6.07, 6.45) is -3.67. The first-order chi connectivity index (χ1) is 12.7. The van der Waals surface area contributed by atoms with Gasteiger partial charge in [0, 0.05) is 23.2 Å². The molecule has 11 heteroatoms. The molecule has 2 aliphatic heterocycles. The van der Waals surface area contributed by atoms with Crippen LogP contribution < -0.4 is 20.1 Å². The molecule has 0 saturated carbocycles. The summed E-state index contributed by atoms with van der Waals surface area (Å²) >= 11 is 3.33. The lowest BCUT2D eigenvalue weighted by Crippen LogP contribution is -2.49. The van der Waals surface area contributed by atoms with Gasteiger partial charge in [-0.2, -0.15) is 13.2 Å². The Balaban J connectivity index is 1.67. The number of fused-ring (bicyclic) bond motifs is 1. The first-order valence-electron chi connectivity index (χ1n) is 8.26. The average Bonchev–Trinajstić information content (AvgIpc) is 3.09. The number of hydrogen-bond acceptors (Lipinski definition) is 4. The number of benzene rings is 1. The number of carbonyl (C=O) groups is 2. The monoisotopic (exact) mass is 451 g/mol. The fraction of sp³-hybridized carbons (Fsp3) is 0.500. The van der Waals surface area contributed by atoms with Crippen LogP contribution in [0, 0.1) is 0 Å². The van der Waals surface area contributed by atoms with Crippen LogP contribution in [0.3, 0.4) is 0 Å². The van der Waals surface area contributed by atoms with Crippen molar-refractivity contribution < 1.29 is 32.2 Å². The van der Waals surface area contributed by atoms with Crippen molar-refractivity contribution in [2.24, 2.45) is 0 Å². The van der Waals surface area contributed by atoms with Gasteiger partial charge in [0.05, 0.1) is 5.69 Å². The van der Waals surface area contributed by atoms with Crippen LogP contribution in [0.2, 0.25) is 0 Å². The van der Waals surface area contributed by atoms with Gasteiger partial charge >= 0.3 is 12.2 Å². The number of anilines is 1. The maximum atomic E-state index is 12.6. The summed E-state index contributed by atoms with van der Waals surface area (Å²) in [7, 11) is 0. The largest absolute Gasteiger partial charge is 0.486 e. The molecular formula is C16H17BrF3N3O4. The lowest BCUT2D eigenvalue weighted by Gasteiger charge is -2.25. The normalized spacial score (nSPS) is 19.0. The number of carbonyl (C=O) groups excluding carboxylic acids is 2. The molecule has 148 valence electrons. The van der Waals surface area contributed by atoms with Crippen molar-refractivity contribution in [3.8, 4) is 11.5 Å². The minimum absolute atomic E-state index is 0.276. The van der Waals surface area contributed by atoms with Gasteiger partial charge in [-0.15, -0.1) is 0 Å². The van der Waals surface area contributed by atoms with Crippen molar-refractivity contribution in [2.45, 2.75) is 25.1 Å².